The number of aromatic nitrogens is 2. The summed E-state index contributed by atoms with van der Waals surface area (Å²) in [7, 11) is 0. The number of carbonyl (C=O) groups excluding carboxylic acids is 2. The Morgan fingerprint density at radius 2 is 2.13 bits per heavy atom. The zero-order chi connectivity index (χ0) is 17.1. The number of hydrogen-bond donors (Lipinski definition) is 3. The van der Waals surface area contributed by atoms with Crippen LogP contribution >= 0.6 is 0 Å². The molecular weight excluding hydrogens is 298 g/mol. The standard InChI is InChI=1S/C15H21N5O3/c1-11(2)12-9-13(22)19-14(18-12)20-15(23)17-8-6-4-3-5-7-16-10-21/h9H,1,3-8H2,2H3,(H3,17,18,19,20,22,23). The molecule has 1 rings (SSSR count). The van der Waals surface area contributed by atoms with Crippen molar-refractivity contribution in [3.8, 4) is 0 Å². The van der Waals surface area contributed by atoms with Crippen molar-refractivity contribution in [1.82, 2.24) is 15.3 Å². The molecule has 0 bridgehead atoms. The van der Waals surface area contributed by atoms with Gasteiger partial charge in [-0.3, -0.25) is 15.1 Å². The highest BCUT2D eigenvalue weighted by Crippen LogP contribution is 2.07. The van der Waals surface area contributed by atoms with E-state index < -0.39 is 6.03 Å². The highest BCUT2D eigenvalue weighted by molar-refractivity contribution is 5.87. The van der Waals surface area contributed by atoms with Crippen molar-refractivity contribution in [3.05, 3.63) is 28.7 Å². The van der Waals surface area contributed by atoms with Gasteiger partial charge in [-0.25, -0.2) is 19.6 Å². The number of H-pyrrole nitrogens is 1. The number of nitrogens with one attached hydrogen (secondary N) is 3. The number of aliphatic imine (C=N–C) groups is 1. The van der Waals surface area contributed by atoms with Gasteiger partial charge in [-0.05, 0) is 25.3 Å². The molecule has 1 heterocycles. The number of aromatic amines is 1. The molecule has 0 radical (unpaired) electrons. The summed E-state index contributed by atoms with van der Waals surface area (Å²) < 4.78 is 0. The minimum atomic E-state index is -0.433. The summed E-state index contributed by atoms with van der Waals surface area (Å²) in [5, 5.41) is 5.16. The molecule has 2 amide bonds. The molecule has 0 aliphatic rings. The van der Waals surface area contributed by atoms with E-state index in [1.54, 1.807) is 6.92 Å². The molecule has 0 spiro atoms. The molecule has 124 valence electrons. The van der Waals surface area contributed by atoms with Crippen LogP contribution in [0.5, 0.6) is 0 Å². The van der Waals surface area contributed by atoms with Crippen LogP contribution in [0.2, 0.25) is 0 Å². The molecule has 8 nitrogen and oxygen atoms in total. The third-order valence-electron chi connectivity index (χ3n) is 2.96. The van der Waals surface area contributed by atoms with Crippen LogP contribution in [0.15, 0.2) is 22.4 Å². The monoisotopic (exact) mass is 319 g/mol. The van der Waals surface area contributed by atoms with Crippen molar-refractivity contribution in [2.75, 3.05) is 18.4 Å². The van der Waals surface area contributed by atoms with Gasteiger partial charge in [0.2, 0.25) is 12.0 Å². The molecule has 0 atom stereocenters. The molecule has 0 saturated carbocycles. The average molecular weight is 319 g/mol. The molecular formula is C15H21N5O3. The van der Waals surface area contributed by atoms with Crippen molar-refractivity contribution in [2.24, 2.45) is 4.99 Å². The van der Waals surface area contributed by atoms with Crippen LogP contribution in [0.4, 0.5) is 10.7 Å². The normalized spacial score (nSPS) is 9.78. The first-order valence-electron chi connectivity index (χ1n) is 7.38. The minimum absolute atomic E-state index is 0.0831. The molecule has 1 aromatic rings. The molecule has 0 fully saturated rings. The fourth-order valence-electron chi connectivity index (χ4n) is 1.80. The van der Waals surface area contributed by atoms with Gasteiger partial charge in [0.15, 0.2) is 0 Å². The summed E-state index contributed by atoms with van der Waals surface area (Å²) in [6.45, 7) is 6.44. The lowest BCUT2D eigenvalue weighted by molar-refractivity contribution is 0.251. The number of carbonyl (C=O) groups is 1. The topological polar surface area (TPSA) is 116 Å². The Labute approximate surface area is 134 Å². The molecule has 0 saturated heterocycles. The van der Waals surface area contributed by atoms with Gasteiger partial charge in [-0.2, -0.15) is 0 Å². The Kier molecular flexibility index (Phi) is 8.02. The van der Waals surface area contributed by atoms with Crippen LogP contribution in [0.25, 0.3) is 5.57 Å². The van der Waals surface area contributed by atoms with E-state index in [-0.39, 0.29) is 11.5 Å². The zero-order valence-electron chi connectivity index (χ0n) is 13.1. The number of rotatable bonds is 9. The SMILES string of the molecule is C=C(C)c1cc(=O)[nH]c(NC(=O)NCCCCCCN=C=O)n1. The molecule has 23 heavy (non-hydrogen) atoms. The first kappa shape index (κ1) is 18.3. The van der Waals surface area contributed by atoms with Crippen molar-refractivity contribution < 1.29 is 9.59 Å². The van der Waals surface area contributed by atoms with E-state index in [0.717, 1.165) is 25.7 Å². The van der Waals surface area contributed by atoms with Crippen LogP contribution in [0.1, 0.15) is 38.3 Å². The Bertz CT molecular complexity index is 647. The lowest BCUT2D eigenvalue weighted by Crippen LogP contribution is -2.31. The number of isocyanates is 1. The fraction of sp³-hybridized carbons (Fsp3) is 0.467. The summed E-state index contributed by atoms with van der Waals surface area (Å²) >= 11 is 0. The summed E-state index contributed by atoms with van der Waals surface area (Å²) in [4.78, 5) is 43.0. The zero-order valence-corrected chi connectivity index (χ0v) is 13.1. The Hall–Kier alpha value is -2.73. The van der Waals surface area contributed by atoms with E-state index in [1.807, 2.05) is 0 Å². The van der Waals surface area contributed by atoms with Gasteiger partial charge >= 0.3 is 6.03 Å². The molecule has 0 aliphatic carbocycles. The Morgan fingerprint density at radius 1 is 1.39 bits per heavy atom. The molecule has 3 N–H and O–H groups in total. The number of hydrogen-bond acceptors (Lipinski definition) is 5. The minimum Gasteiger partial charge on any atom is -0.338 e. The maximum Gasteiger partial charge on any atom is 0.321 e. The van der Waals surface area contributed by atoms with Crippen molar-refractivity contribution in [3.63, 3.8) is 0 Å². The maximum atomic E-state index is 11.7. The van der Waals surface area contributed by atoms with E-state index in [2.05, 4.69) is 32.2 Å². The van der Waals surface area contributed by atoms with Crippen molar-refractivity contribution in [1.29, 1.82) is 0 Å². The van der Waals surface area contributed by atoms with Crippen LogP contribution < -0.4 is 16.2 Å². The van der Waals surface area contributed by atoms with E-state index in [4.69, 9.17) is 0 Å². The Morgan fingerprint density at radius 3 is 2.83 bits per heavy atom. The van der Waals surface area contributed by atoms with Crippen LogP contribution in [0, 0.1) is 0 Å². The number of unbranched alkanes of at least 4 members (excludes halogenated alkanes) is 3. The Balaban J connectivity index is 2.30. The van der Waals surface area contributed by atoms with Crippen LogP contribution in [-0.2, 0) is 4.79 Å². The first-order valence-corrected chi connectivity index (χ1v) is 7.38. The summed E-state index contributed by atoms with van der Waals surface area (Å²) in [6, 6.07) is 0.887. The van der Waals surface area contributed by atoms with Gasteiger partial charge in [0.1, 0.15) is 0 Å². The smallest absolute Gasteiger partial charge is 0.321 e. The highest BCUT2D eigenvalue weighted by atomic mass is 16.2. The van der Waals surface area contributed by atoms with Gasteiger partial charge < -0.3 is 5.32 Å². The number of nitrogens with zero attached hydrogens (tertiary/aromatic N) is 2. The van der Waals surface area contributed by atoms with Crippen molar-refractivity contribution in [2.45, 2.75) is 32.6 Å². The van der Waals surface area contributed by atoms with Gasteiger partial charge in [0.05, 0.1) is 12.2 Å². The predicted octanol–water partition coefficient (Wildman–Crippen LogP) is 1.82. The number of allylic oxidation sites excluding steroid dienone is 1. The molecule has 1 aromatic heterocycles. The number of amides is 2. The highest BCUT2D eigenvalue weighted by Gasteiger charge is 2.05. The van der Waals surface area contributed by atoms with E-state index >= 15 is 0 Å². The second kappa shape index (κ2) is 10.1. The molecule has 0 aliphatic heterocycles. The van der Waals surface area contributed by atoms with E-state index in [9.17, 15) is 14.4 Å². The number of urea groups is 1. The first-order chi connectivity index (χ1) is 11.0. The molecule has 0 aromatic carbocycles. The van der Waals surface area contributed by atoms with E-state index in [0.29, 0.717) is 24.4 Å². The van der Waals surface area contributed by atoms with Gasteiger partial charge in [-0.1, -0.05) is 19.4 Å². The van der Waals surface area contributed by atoms with Gasteiger partial charge in [0.25, 0.3) is 5.56 Å². The molecule has 0 unspecified atom stereocenters. The van der Waals surface area contributed by atoms with Crippen molar-refractivity contribution >= 4 is 23.6 Å². The van der Waals surface area contributed by atoms with Crippen LogP contribution in [0.3, 0.4) is 0 Å². The third-order valence-corrected chi connectivity index (χ3v) is 2.96. The molecule has 8 heteroatoms. The van der Waals surface area contributed by atoms with Gasteiger partial charge in [0, 0.05) is 12.6 Å². The summed E-state index contributed by atoms with van der Waals surface area (Å²) in [6.07, 6.45) is 5.00. The maximum absolute atomic E-state index is 11.7. The fourth-order valence-corrected chi connectivity index (χ4v) is 1.80. The number of anilines is 1. The lowest BCUT2D eigenvalue weighted by atomic mass is 10.2. The largest absolute Gasteiger partial charge is 0.338 e. The third kappa shape index (κ3) is 7.73. The predicted molar refractivity (Wildman–Crippen MR) is 88.0 cm³/mol. The second-order valence-corrected chi connectivity index (χ2v) is 5.03. The lowest BCUT2D eigenvalue weighted by Gasteiger charge is -2.07. The second-order valence-electron chi connectivity index (χ2n) is 5.03. The van der Waals surface area contributed by atoms with Crippen LogP contribution in [-0.4, -0.2) is 35.2 Å². The summed E-state index contributed by atoms with van der Waals surface area (Å²) in [5.41, 5.74) is 0.715. The quantitative estimate of drug-likeness (QED) is 0.365. The van der Waals surface area contributed by atoms with Gasteiger partial charge in [-0.15, -0.1) is 0 Å². The summed E-state index contributed by atoms with van der Waals surface area (Å²) in [5.74, 6) is 0.0831. The van der Waals surface area contributed by atoms with E-state index in [1.165, 1.54) is 12.1 Å². The average Bonchev–Trinajstić information content (AvgIpc) is 2.49.